The monoisotopic (exact) mass is 199 g/mol. The lowest BCUT2D eigenvalue weighted by Crippen LogP contribution is -2.33. The molecule has 0 N–H and O–H groups in total. The highest BCUT2D eigenvalue weighted by molar-refractivity contribution is 6.01. The second-order valence-electron chi connectivity index (χ2n) is 3.25. The minimum atomic E-state index is -0.680. The number of nitrogens with zero attached hydrogens (tertiary/aromatic N) is 1. The van der Waals surface area contributed by atoms with Crippen LogP contribution in [-0.4, -0.2) is 35.1 Å². The zero-order chi connectivity index (χ0) is 10.3. The van der Waals surface area contributed by atoms with Crippen LogP contribution >= 0.6 is 0 Å². The number of rotatable bonds is 2. The molecule has 2 unspecified atom stereocenters. The molecule has 6 heteroatoms. The number of carbonyl (C=O) groups excluding carboxylic acids is 3. The van der Waals surface area contributed by atoms with Crippen LogP contribution in [0.3, 0.4) is 0 Å². The fourth-order valence-electron chi connectivity index (χ4n) is 1.23. The third-order valence-electron chi connectivity index (χ3n) is 2.13. The Morgan fingerprint density at radius 1 is 1.43 bits per heavy atom. The first-order chi connectivity index (χ1) is 6.59. The van der Waals surface area contributed by atoms with Crippen molar-refractivity contribution in [3.05, 3.63) is 0 Å². The van der Waals surface area contributed by atoms with Gasteiger partial charge in [-0.3, -0.25) is 9.59 Å². The van der Waals surface area contributed by atoms with Crippen molar-refractivity contribution in [2.75, 3.05) is 0 Å². The van der Waals surface area contributed by atoms with Crippen LogP contribution in [0.25, 0.3) is 0 Å². The van der Waals surface area contributed by atoms with Crippen LogP contribution < -0.4 is 0 Å². The van der Waals surface area contributed by atoms with Gasteiger partial charge in [0.2, 0.25) is 0 Å². The summed E-state index contributed by atoms with van der Waals surface area (Å²) in [5.41, 5.74) is 0. The summed E-state index contributed by atoms with van der Waals surface area (Å²) in [7, 11) is 0. The summed E-state index contributed by atoms with van der Waals surface area (Å²) in [6, 6.07) is 0. The van der Waals surface area contributed by atoms with E-state index in [9.17, 15) is 14.4 Å². The number of hydrogen-bond acceptors (Lipinski definition) is 5. The van der Waals surface area contributed by atoms with E-state index in [0.29, 0.717) is 5.06 Å². The van der Waals surface area contributed by atoms with Gasteiger partial charge in [0.05, 0.1) is 6.10 Å². The van der Waals surface area contributed by atoms with Crippen molar-refractivity contribution < 1.29 is 24.0 Å². The average Bonchev–Trinajstić information content (AvgIpc) is 2.79. The molecule has 0 aliphatic carbocycles. The summed E-state index contributed by atoms with van der Waals surface area (Å²) in [6.07, 6.45) is -0.605. The molecule has 0 bridgehead atoms. The molecule has 2 atom stereocenters. The Kier molecular flexibility index (Phi) is 1.99. The smallest absolute Gasteiger partial charge is 0.357 e. The van der Waals surface area contributed by atoms with E-state index in [4.69, 9.17) is 4.74 Å². The predicted molar refractivity (Wildman–Crippen MR) is 41.5 cm³/mol. The van der Waals surface area contributed by atoms with E-state index >= 15 is 0 Å². The molecule has 2 amide bonds. The van der Waals surface area contributed by atoms with E-state index in [2.05, 4.69) is 4.84 Å². The highest BCUT2D eigenvalue weighted by Gasteiger charge is 2.45. The molecule has 14 heavy (non-hydrogen) atoms. The van der Waals surface area contributed by atoms with E-state index in [1.54, 1.807) is 6.92 Å². The van der Waals surface area contributed by atoms with Gasteiger partial charge in [0.25, 0.3) is 11.8 Å². The molecule has 0 spiro atoms. The minimum absolute atomic E-state index is 0.104. The van der Waals surface area contributed by atoms with Crippen molar-refractivity contribution in [3.63, 3.8) is 0 Å². The maximum atomic E-state index is 11.2. The number of hydrogen-bond donors (Lipinski definition) is 0. The van der Waals surface area contributed by atoms with Crippen LogP contribution in [0.2, 0.25) is 0 Å². The van der Waals surface area contributed by atoms with E-state index in [-0.39, 0.29) is 18.9 Å². The fourth-order valence-corrected chi connectivity index (χ4v) is 1.23. The van der Waals surface area contributed by atoms with Crippen LogP contribution in [0.1, 0.15) is 19.8 Å². The Balaban J connectivity index is 1.93. The maximum Gasteiger partial charge on any atom is 0.364 e. The molecule has 0 aromatic carbocycles. The quantitative estimate of drug-likeness (QED) is 0.437. The minimum Gasteiger partial charge on any atom is -0.357 e. The molecule has 76 valence electrons. The third-order valence-corrected chi connectivity index (χ3v) is 2.13. The largest absolute Gasteiger partial charge is 0.364 e. The van der Waals surface area contributed by atoms with Gasteiger partial charge in [0.15, 0.2) is 6.10 Å². The van der Waals surface area contributed by atoms with Gasteiger partial charge in [-0.1, -0.05) is 0 Å². The first-order valence-corrected chi connectivity index (χ1v) is 4.32. The van der Waals surface area contributed by atoms with E-state index < -0.39 is 23.9 Å². The Morgan fingerprint density at radius 3 is 2.36 bits per heavy atom. The number of epoxide rings is 1. The van der Waals surface area contributed by atoms with Gasteiger partial charge in [-0.25, -0.2) is 4.79 Å². The van der Waals surface area contributed by atoms with Gasteiger partial charge in [0.1, 0.15) is 0 Å². The lowest BCUT2D eigenvalue weighted by Gasteiger charge is -2.10. The molecule has 2 aliphatic heterocycles. The highest BCUT2D eigenvalue weighted by Crippen LogP contribution is 2.23. The average molecular weight is 199 g/mol. The summed E-state index contributed by atoms with van der Waals surface area (Å²) in [4.78, 5) is 37.8. The Labute approximate surface area is 79.7 Å². The molecule has 0 saturated carbocycles. The van der Waals surface area contributed by atoms with E-state index in [1.165, 1.54) is 0 Å². The van der Waals surface area contributed by atoms with Crippen molar-refractivity contribution in [1.29, 1.82) is 0 Å². The van der Waals surface area contributed by atoms with Crippen LogP contribution in [0, 0.1) is 0 Å². The SMILES string of the molecule is CC1OC1C(=O)ON1C(=O)CCC1=O. The van der Waals surface area contributed by atoms with Crippen molar-refractivity contribution in [1.82, 2.24) is 5.06 Å². The Morgan fingerprint density at radius 2 is 1.93 bits per heavy atom. The molecule has 6 nitrogen and oxygen atoms in total. The predicted octanol–water partition coefficient (Wildman–Crippen LogP) is -0.619. The molecule has 0 aromatic rings. The van der Waals surface area contributed by atoms with Crippen molar-refractivity contribution >= 4 is 17.8 Å². The van der Waals surface area contributed by atoms with Crippen molar-refractivity contribution in [2.45, 2.75) is 32.0 Å². The summed E-state index contributed by atoms with van der Waals surface area (Å²) >= 11 is 0. The van der Waals surface area contributed by atoms with E-state index in [1.807, 2.05) is 0 Å². The molecular weight excluding hydrogens is 190 g/mol. The maximum absolute atomic E-state index is 11.2. The summed E-state index contributed by atoms with van der Waals surface area (Å²) in [5, 5.41) is 0.525. The normalized spacial score (nSPS) is 30.8. The standard InChI is InChI=1S/C8H9NO5/c1-4-7(13-4)8(12)14-9-5(10)2-3-6(9)11/h4,7H,2-3H2,1H3. The summed E-state index contributed by atoms with van der Waals surface area (Å²) in [5.74, 6) is -1.63. The number of imide groups is 1. The lowest BCUT2D eigenvalue weighted by atomic mass is 10.3. The molecule has 0 radical (unpaired) electrons. The molecule has 2 heterocycles. The Bertz CT molecular complexity index is 297. The molecule has 2 saturated heterocycles. The van der Waals surface area contributed by atoms with Gasteiger partial charge in [0, 0.05) is 12.8 Å². The van der Waals surface area contributed by atoms with Gasteiger partial charge >= 0.3 is 5.97 Å². The van der Waals surface area contributed by atoms with E-state index in [0.717, 1.165) is 0 Å². The summed E-state index contributed by atoms with van der Waals surface area (Å²) in [6.45, 7) is 1.71. The zero-order valence-corrected chi connectivity index (χ0v) is 7.56. The van der Waals surface area contributed by atoms with Crippen molar-refractivity contribution in [3.8, 4) is 0 Å². The number of carbonyl (C=O) groups is 3. The number of amides is 2. The van der Waals surface area contributed by atoms with Crippen LogP contribution in [0.5, 0.6) is 0 Å². The van der Waals surface area contributed by atoms with Crippen LogP contribution in [-0.2, 0) is 24.0 Å². The lowest BCUT2D eigenvalue weighted by molar-refractivity contribution is -0.198. The van der Waals surface area contributed by atoms with Crippen molar-refractivity contribution in [2.24, 2.45) is 0 Å². The number of ether oxygens (including phenoxy) is 1. The van der Waals surface area contributed by atoms with Crippen LogP contribution in [0.15, 0.2) is 0 Å². The molecule has 0 aromatic heterocycles. The molecule has 2 rings (SSSR count). The second kappa shape index (κ2) is 3.06. The number of hydroxylamine groups is 2. The first kappa shape index (κ1) is 9.14. The zero-order valence-electron chi connectivity index (χ0n) is 7.56. The summed E-state index contributed by atoms with van der Waals surface area (Å²) < 4.78 is 4.84. The topological polar surface area (TPSA) is 76.2 Å². The third kappa shape index (κ3) is 1.48. The van der Waals surface area contributed by atoms with Gasteiger partial charge < -0.3 is 9.57 Å². The first-order valence-electron chi connectivity index (χ1n) is 4.32. The Hall–Kier alpha value is -1.43. The fraction of sp³-hybridized carbons (Fsp3) is 0.625. The van der Waals surface area contributed by atoms with Gasteiger partial charge in [-0.15, -0.1) is 5.06 Å². The van der Waals surface area contributed by atoms with Gasteiger partial charge in [-0.05, 0) is 6.92 Å². The molecular formula is C8H9NO5. The molecule has 2 fully saturated rings. The highest BCUT2D eigenvalue weighted by atomic mass is 16.7. The second-order valence-corrected chi connectivity index (χ2v) is 3.25. The van der Waals surface area contributed by atoms with Gasteiger partial charge in [-0.2, -0.15) is 0 Å². The molecule has 2 aliphatic rings. The van der Waals surface area contributed by atoms with Crippen LogP contribution in [0.4, 0.5) is 0 Å².